The summed E-state index contributed by atoms with van der Waals surface area (Å²) in [6.45, 7) is 5.62. The summed E-state index contributed by atoms with van der Waals surface area (Å²) in [5, 5.41) is 9.98. The quantitative estimate of drug-likeness (QED) is 0.619. The minimum Gasteiger partial charge on any atom is -0.310 e. The highest BCUT2D eigenvalue weighted by Crippen LogP contribution is 2.54. The van der Waals surface area contributed by atoms with Crippen LogP contribution in [-0.2, 0) is 21.5 Å². The number of alkyl halides is 2. The fourth-order valence-electron chi connectivity index (χ4n) is 4.31. The maximum atomic E-state index is 14.0. The lowest BCUT2D eigenvalue weighted by atomic mass is 9.61. The Kier molecular flexibility index (Phi) is 4.18. The fraction of sp³-hybridized carbons (Fsp3) is 0.429. The van der Waals surface area contributed by atoms with Crippen LogP contribution in [-0.4, -0.2) is 42.5 Å². The number of carbonyl (C=O) groups excluding carboxylic acids is 2. The minimum absolute atomic E-state index is 0.00675. The predicted molar refractivity (Wildman–Crippen MR) is 112 cm³/mol. The SMILES string of the molecule is CC(F)(F)CCn1nc(-c2nc3c4c(n2)NC(=O)C4(C)C(C)(C)C(=O)N3)c2cc(F)cnc21. The van der Waals surface area contributed by atoms with Gasteiger partial charge in [0.1, 0.15) is 23.1 Å². The highest BCUT2D eigenvalue weighted by atomic mass is 19.3. The molecule has 172 valence electrons. The fourth-order valence-corrected chi connectivity index (χ4v) is 4.31. The number of fused-ring (bicyclic) bond motifs is 1. The summed E-state index contributed by atoms with van der Waals surface area (Å²) < 4.78 is 42.1. The van der Waals surface area contributed by atoms with E-state index in [1.807, 2.05) is 0 Å². The molecule has 33 heavy (non-hydrogen) atoms. The molecule has 2 aliphatic rings. The zero-order valence-corrected chi connectivity index (χ0v) is 18.3. The molecule has 3 aromatic heterocycles. The van der Waals surface area contributed by atoms with Gasteiger partial charge >= 0.3 is 0 Å². The average Bonchev–Trinajstić information content (AvgIpc) is 3.20. The normalized spacial score (nSPS) is 21.2. The number of hydrogen-bond acceptors (Lipinski definition) is 6. The van der Waals surface area contributed by atoms with Gasteiger partial charge < -0.3 is 10.6 Å². The van der Waals surface area contributed by atoms with Crippen LogP contribution in [0, 0.1) is 11.2 Å². The van der Waals surface area contributed by atoms with Gasteiger partial charge in [-0.15, -0.1) is 0 Å². The van der Waals surface area contributed by atoms with Gasteiger partial charge in [0.2, 0.25) is 17.7 Å². The minimum atomic E-state index is -2.93. The molecule has 0 saturated heterocycles. The number of carbonyl (C=O) groups is 2. The van der Waals surface area contributed by atoms with Gasteiger partial charge in [-0.2, -0.15) is 5.10 Å². The lowest BCUT2D eigenvalue weighted by Gasteiger charge is -2.42. The average molecular weight is 459 g/mol. The number of anilines is 2. The molecule has 2 amide bonds. The highest BCUT2D eigenvalue weighted by molar-refractivity contribution is 6.15. The standard InChI is InChI=1S/C21H20F3N7O2/c1-19(2)17(32)28-13-11-14(29-18(33)21(11,19)4)27-15(26-13)12-10-7-9(22)8-25-16(10)31(30-12)6-5-20(3,23)24/h7-8H,5-6H2,1-4H3,(H2,26,27,28,29,32,33). The third-order valence-corrected chi connectivity index (χ3v) is 6.67. The number of nitrogens with one attached hydrogen (secondary N) is 2. The predicted octanol–water partition coefficient (Wildman–Crippen LogP) is 3.26. The smallest absolute Gasteiger partial charge is 0.247 e. The molecule has 0 bridgehead atoms. The van der Waals surface area contributed by atoms with E-state index in [2.05, 4.69) is 30.7 Å². The van der Waals surface area contributed by atoms with Gasteiger partial charge in [0.25, 0.3) is 0 Å². The maximum absolute atomic E-state index is 14.0. The number of halogens is 3. The molecule has 1 unspecified atom stereocenters. The van der Waals surface area contributed by atoms with Crippen molar-refractivity contribution >= 4 is 34.5 Å². The summed E-state index contributed by atoms with van der Waals surface area (Å²) in [5.41, 5.74) is -1.52. The molecule has 0 aromatic carbocycles. The topological polar surface area (TPSA) is 115 Å². The van der Waals surface area contributed by atoms with E-state index in [9.17, 15) is 22.8 Å². The first-order valence-electron chi connectivity index (χ1n) is 10.3. The number of aryl methyl sites for hydroxylation is 1. The van der Waals surface area contributed by atoms with Crippen LogP contribution in [0.4, 0.5) is 24.8 Å². The van der Waals surface area contributed by atoms with Gasteiger partial charge in [-0.3, -0.25) is 9.59 Å². The summed E-state index contributed by atoms with van der Waals surface area (Å²) in [5.74, 6) is -4.01. The first-order valence-corrected chi connectivity index (χ1v) is 10.3. The molecule has 5 heterocycles. The summed E-state index contributed by atoms with van der Waals surface area (Å²) in [4.78, 5) is 38.6. The van der Waals surface area contributed by atoms with Crippen LogP contribution in [0.25, 0.3) is 22.6 Å². The Morgan fingerprint density at radius 1 is 1.09 bits per heavy atom. The number of pyridine rings is 1. The number of nitrogens with zero attached hydrogens (tertiary/aromatic N) is 5. The van der Waals surface area contributed by atoms with Gasteiger partial charge in [-0.25, -0.2) is 32.8 Å². The Morgan fingerprint density at radius 2 is 1.73 bits per heavy atom. The molecule has 0 radical (unpaired) electrons. The molecular formula is C21H20F3N7O2. The molecule has 0 fully saturated rings. The number of amides is 2. The maximum Gasteiger partial charge on any atom is 0.247 e. The first kappa shape index (κ1) is 21.3. The molecule has 2 N–H and O–H groups in total. The van der Waals surface area contributed by atoms with E-state index in [-0.39, 0.29) is 40.7 Å². The molecule has 9 nitrogen and oxygen atoms in total. The van der Waals surface area contributed by atoms with Crippen molar-refractivity contribution in [3.8, 4) is 11.5 Å². The Morgan fingerprint density at radius 3 is 2.36 bits per heavy atom. The zero-order valence-electron chi connectivity index (χ0n) is 18.3. The molecule has 3 aromatic rings. The van der Waals surface area contributed by atoms with E-state index in [4.69, 9.17) is 0 Å². The lowest BCUT2D eigenvalue weighted by molar-refractivity contribution is -0.136. The van der Waals surface area contributed by atoms with Gasteiger partial charge in [0.15, 0.2) is 11.5 Å². The molecule has 0 spiro atoms. The third kappa shape index (κ3) is 2.92. The van der Waals surface area contributed by atoms with Crippen LogP contribution in [0.15, 0.2) is 12.3 Å². The van der Waals surface area contributed by atoms with Crippen molar-refractivity contribution in [2.45, 2.75) is 52.0 Å². The van der Waals surface area contributed by atoms with Crippen molar-refractivity contribution in [3.63, 3.8) is 0 Å². The van der Waals surface area contributed by atoms with Crippen LogP contribution in [0.2, 0.25) is 0 Å². The van der Waals surface area contributed by atoms with E-state index in [0.29, 0.717) is 5.56 Å². The second-order valence-electron chi connectivity index (χ2n) is 9.19. The molecule has 0 saturated carbocycles. The van der Waals surface area contributed by atoms with Crippen molar-refractivity contribution in [1.82, 2.24) is 24.7 Å². The van der Waals surface area contributed by atoms with E-state index in [1.165, 1.54) is 4.68 Å². The van der Waals surface area contributed by atoms with Crippen molar-refractivity contribution in [3.05, 3.63) is 23.6 Å². The van der Waals surface area contributed by atoms with E-state index >= 15 is 0 Å². The summed E-state index contributed by atoms with van der Waals surface area (Å²) in [7, 11) is 0. The van der Waals surface area contributed by atoms with Crippen molar-refractivity contribution in [2.24, 2.45) is 5.41 Å². The first-order chi connectivity index (χ1) is 15.3. The largest absolute Gasteiger partial charge is 0.310 e. The molecule has 0 aliphatic carbocycles. The van der Waals surface area contributed by atoms with Crippen LogP contribution in [0.5, 0.6) is 0 Å². The van der Waals surface area contributed by atoms with Crippen molar-refractivity contribution < 1.29 is 22.8 Å². The van der Waals surface area contributed by atoms with E-state index in [0.717, 1.165) is 19.2 Å². The molecular weight excluding hydrogens is 439 g/mol. The second-order valence-corrected chi connectivity index (χ2v) is 9.19. The van der Waals surface area contributed by atoms with Gasteiger partial charge in [-0.1, -0.05) is 0 Å². The van der Waals surface area contributed by atoms with E-state index in [1.54, 1.807) is 20.8 Å². The zero-order chi connectivity index (χ0) is 23.9. The van der Waals surface area contributed by atoms with Gasteiger partial charge in [0.05, 0.1) is 28.0 Å². The Labute approximate surface area is 185 Å². The molecule has 12 heteroatoms. The Hall–Kier alpha value is -3.57. The number of rotatable bonds is 4. The van der Waals surface area contributed by atoms with Crippen molar-refractivity contribution in [1.29, 1.82) is 0 Å². The summed E-state index contributed by atoms with van der Waals surface area (Å²) in [6.07, 6.45) is 0.466. The Balaban J connectivity index is 1.70. The molecule has 1 atom stereocenters. The highest BCUT2D eigenvalue weighted by Gasteiger charge is 2.61. The molecule has 2 aliphatic heterocycles. The van der Waals surface area contributed by atoms with Crippen LogP contribution >= 0.6 is 0 Å². The van der Waals surface area contributed by atoms with Gasteiger partial charge in [-0.05, 0) is 33.8 Å². The Bertz CT molecular complexity index is 1360. The molecule has 5 rings (SSSR count). The van der Waals surface area contributed by atoms with Crippen LogP contribution < -0.4 is 10.6 Å². The summed E-state index contributed by atoms with van der Waals surface area (Å²) >= 11 is 0. The summed E-state index contributed by atoms with van der Waals surface area (Å²) in [6, 6.07) is 1.16. The van der Waals surface area contributed by atoms with Gasteiger partial charge in [0, 0.05) is 13.0 Å². The number of hydrogen-bond donors (Lipinski definition) is 2. The third-order valence-electron chi connectivity index (χ3n) is 6.67. The van der Waals surface area contributed by atoms with Crippen LogP contribution in [0.3, 0.4) is 0 Å². The van der Waals surface area contributed by atoms with Crippen LogP contribution in [0.1, 0.15) is 39.7 Å². The lowest BCUT2D eigenvalue weighted by Crippen LogP contribution is -2.54. The van der Waals surface area contributed by atoms with E-state index < -0.39 is 40.8 Å². The van der Waals surface area contributed by atoms with Crippen molar-refractivity contribution in [2.75, 3.05) is 10.6 Å². The number of aromatic nitrogens is 5. The second kappa shape index (κ2) is 6.49. The monoisotopic (exact) mass is 459 g/mol.